The molecule has 0 spiro atoms. The van der Waals surface area contributed by atoms with Crippen LogP contribution >= 0.6 is 11.3 Å². The van der Waals surface area contributed by atoms with Crippen LogP contribution in [0.3, 0.4) is 0 Å². The van der Waals surface area contributed by atoms with Crippen molar-refractivity contribution < 1.29 is 19.1 Å². The highest BCUT2D eigenvalue weighted by Crippen LogP contribution is 2.38. The minimum atomic E-state index is -0.703. The van der Waals surface area contributed by atoms with E-state index < -0.39 is 17.8 Å². The fourth-order valence-corrected chi connectivity index (χ4v) is 3.66. The van der Waals surface area contributed by atoms with E-state index in [2.05, 4.69) is 5.32 Å². The number of thiophene rings is 1. The zero-order chi connectivity index (χ0) is 16.1. The molecule has 0 saturated carbocycles. The number of ether oxygens (including phenoxy) is 1. The summed E-state index contributed by atoms with van der Waals surface area (Å²) in [6, 6.07) is 0. The van der Waals surface area contributed by atoms with E-state index in [0.29, 0.717) is 10.6 Å². The smallest absolute Gasteiger partial charge is 0.341 e. The van der Waals surface area contributed by atoms with Gasteiger partial charge in [0.15, 0.2) is 0 Å². The van der Waals surface area contributed by atoms with Crippen molar-refractivity contribution in [3.8, 4) is 0 Å². The standard InChI is InChI=1S/C15H18N2O4S/c1-2-21-15(20)13-9-5-3-4-6-10(9)22-14(13)17-12(19)8-7-11(16)18/h7-8H,2-6H2,1H3,(H2,16,18)(H,17,19)/b8-7-. The van der Waals surface area contributed by atoms with Crippen LogP contribution in [-0.2, 0) is 27.2 Å². The number of primary amides is 1. The molecule has 0 unspecified atom stereocenters. The molecule has 22 heavy (non-hydrogen) atoms. The highest BCUT2D eigenvalue weighted by Gasteiger charge is 2.26. The van der Waals surface area contributed by atoms with E-state index in [1.165, 1.54) is 11.3 Å². The first-order valence-electron chi connectivity index (χ1n) is 7.13. The molecule has 0 fully saturated rings. The van der Waals surface area contributed by atoms with Crippen molar-refractivity contribution >= 4 is 34.1 Å². The topological polar surface area (TPSA) is 98.5 Å². The molecule has 1 aliphatic rings. The normalized spacial score (nSPS) is 13.7. The van der Waals surface area contributed by atoms with Crippen molar-refractivity contribution in [3.63, 3.8) is 0 Å². The fourth-order valence-electron chi connectivity index (χ4n) is 2.38. The molecule has 1 heterocycles. The predicted octanol–water partition coefficient (Wildman–Crippen LogP) is 1.78. The number of rotatable bonds is 5. The third kappa shape index (κ3) is 3.73. The van der Waals surface area contributed by atoms with Crippen LogP contribution in [-0.4, -0.2) is 24.4 Å². The minimum absolute atomic E-state index is 0.276. The van der Waals surface area contributed by atoms with Gasteiger partial charge in [0.05, 0.1) is 12.2 Å². The third-order valence-electron chi connectivity index (χ3n) is 3.29. The molecule has 1 aliphatic carbocycles. The average Bonchev–Trinajstić information content (AvgIpc) is 2.83. The Hall–Kier alpha value is -2.15. The third-order valence-corrected chi connectivity index (χ3v) is 4.49. The summed E-state index contributed by atoms with van der Waals surface area (Å²) in [5.74, 6) is -1.62. The van der Waals surface area contributed by atoms with Gasteiger partial charge in [0, 0.05) is 17.0 Å². The summed E-state index contributed by atoms with van der Waals surface area (Å²) in [6.45, 7) is 2.02. The number of nitrogens with one attached hydrogen (secondary N) is 1. The summed E-state index contributed by atoms with van der Waals surface area (Å²) in [7, 11) is 0. The van der Waals surface area contributed by atoms with Crippen LogP contribution in [0.4, 0.5) is 5.00 Å². The predicted molar refractivity (Wildman–Crippen MR) is 83.9 cm³/mol. The van der Waals surface area contributed by atoms with Crippen LogP contribution in [0.5, 0.6) is 0 Å². The number of fused-ring (bicyclic) bond motifs is 1. The summed E-state index contributed by atoms with van der Waals surface area (Å²) in [4.78, 5) is 35.8. The largest absolute Gasteiger partial charge is 0.462 e. The van der Waals surface area contributed by atoms with Crippen LogP contribution in [0.1, 0.15) is 40.6 Å². The van der Waals surface area contributed by atoms with Gasteiger partial charge in [-0.05, 0) is 38.2 Å². The monoisotopic (exact) mass is 322 g/mol. The second kappa shape index (κ2) is 7.22. The Morgan fingerprint density at radius 3 is 2.68 bits per heavy atom. The molecule has 0 atom stereocenters. The first-order chi connectivity index (χ1) is 10.5. The van der Waals surface area contributed by atoms with E-state index in [-0.39, 0.29) is 6.61 Å². The van der Waals surface area contributed by atoms with Crippen molar-refractivity contribution in [2.45, 2.75) is 32.6 Å². The van der Waals surface area contributed by atoms with Gasteiger partial charge in [-0.15, -0.1) is 11.3 Å². The fraction of sp³-hybridized carbons (Fsp3) is 0.400. The number of aryl methyl sites for hydroxylation is 1. The van der Waals surface area contributed by atoms with Gasteiger partial charge in [0.25, 0.3) is 0 Å². The zero-order valence-electron chi connectivity index (χ0n) is 12.3. The molecule has 0 radical (unpaired) electrons. The van der Waals surface area contributed by atoms with Crippen LogP contribution < -0.4 is 11.1 Å². The number of anilines is 1. The molecule has 0 aromatic carbocycles. The van der Waals surface area contributed by atoms with E-state index in [0.717, 1.165) is 48.3 Å². The van der Waals surface area contributed by atoms with Crippen LogP contribution in [0, 0.1) is 0 Å². The summed E-state index contributed by atoms with van der Waals surface area (Å²) < 4.78 is 5.10. The van der Waals surface area contributed by atoms with Gasteiger partial charge in [0.2, 0.25) is 11.8 Å². The lowest BCUT2D eigenvalue weighted by atomic mass is 9.95. The summed E-state index contributed by atoms with van der Waals surface area (Å²) in [5, 5.41) is 3.12. The number of carbonyl (C=O) groups is 3. The Morgan fingerprint density at radius 2 is 2.00 bits per heavy atom. The number of hydrogen-bond donors (Lipinski definition) is 2. The molecule has 118 valence electrons. The van der Waals surface area contributed by atoms with E-state index >= 15 is 0 Å². The Morgan fingerprint density at radius 1 is 1.27 bits per heavy atom. The Kier molecular flexibility index (Phi) is 5.32. The SMILES string of the molecule is CCOC(=O)c1c(NC(=O)/C=C\C(N)=O)sc2c1CCCC2. The second-order valence-corrected chi connectivity index (χ2v) is 5.97. The number of esters is 1. The van der Waals surface area contributed by atoms with Gasteiger partial charge in [-0.2, -0.15) is 0 Å². The Bertz CT molecular complexity index is 634. The number of amides is 2. The molecule has 7 heteroatoms. The van der Waals surface area contributed by atoms with Crippen LogP contribution in [0.25, 0.3) is 0 Å². The van der Waals surface area contributed by atoms with Crippen LogP contribution in [0.2, 0.25) is 0 Å². The summed E-state index contributed by atoms with van der Waals surface area (Å²) >= 11 is 1.40. The molecule has 2 amide bonds. The van der Waals surface area contributed by atoms with Gasteiger partial charge in [-0.25, -0.2) is 4.79 Å². The van der Waals surface area contributed by atoms with Crippen molar-refractivity contribution in [3.05, 3.63) is 28.2 Å². The molecule has 0 aliphatic heterocycles. The van der Waals surface area contributed by atoms with Gasteiger partial charge < -0.3 is 15.8 Å². The van der Waals surface area contributed by atoms with Gasteiger partial charge >= 0.3 is 5.97 Å². The molecule has 0 bridgehead atoms. The highest BCUT2D eigenvalue weighted by atomic mass is 32.1. The Balaban J connectivity index is 2.29. The minimum Gasteiger partial charge on any atom is -0.462 e. The lowest BCUT2D eigenvalue weighted by molar-refractivity contribution is -0.115. The first-order valence-corrected chi connectivity index (χ1v) is 7.94. The lowest BCUT2D eigenvalue weighted by Gasteiger charge is -2.12. The van der Waals surface area contributed by atoms with Crippen molar-refractivity contribution in [1.29, 1.82) is 0 Å². The van der Waals surface area contributed by atoms with Crippen molar-refractivity contribution in [2.75, 3.05) is 11.9 Å². The Labute approximate surface area is 132 Å². The lowest BCUT2D eigenvalue weighted by Crippen LogP contribution is -2.15. The highest BCUT2D eigenvalue weighted by molar-refractivity contribution is 7.17. The van der Waals surface area contributed by atoms with Gasteiger partial charge in [-0.1, -0.05) is 0 Å². The zero-order valence-corrected chi connectivity index (χ0v) is 13.1. The van der Waals surface area contributed by atoms with Crippen LogP contribution in [0.15, 0.2) is 12.2 Å². The second-order valence-electron chi connectivity index (χ2n) is 4.86. The maximum Gasteiger partial charge on any atom is 0.341 e. The molecular formula is C15H18N2O4S. The number of carbonyl (C=O) groups excluding carboxylic acids is 3. The summed E-state index contributed by atoms with van der Waals surface area (Å²) in [6.07, 6.45) is 5.84. The van der Waals surface area contributed by atoms with Crippen molar-refractivity contribution in [2.24, 2.45) is 5.73 Å². The molecular weight excluding hydrogens is 304 g/mol. The molecule has 3 N–H and O–H groups in total. The quantitative estimate of drug-likeness (QED) is 0.637. The van der Waals surface area contributed by atoms with Gasteiger partial charge in [-0.3, -0.25) is 9.59 Å². The number of hydrogen-bond acceptors (Lipinski definition) is 5. The van der Waals surface area contributed by atoms with Crippen molar-refractivity contribution in [1.82, 2.24) is 0 Å². The van der Waals surface area contributed by atoms with E-state index in [1.54, 1.807) is 6.92 Å². The maximum atomic E-state index is 12.2. The maximum absolute atomic E-state index is 12.2. The average molecular weight is 322 g/mol. The van der Waals surface area contributed by atoms with Gasteiger partial charge in [0.1, 0.15) is 5.00 Å². The molecule has 0 saturated heterocycles. The number of nitrogens with two attached hydrogens (primary N) is 1. The summed E-state index contributed by atoms with van der Waals surface area (Å²) in [5.41, 5.74) is 6.38. The first kappa shape index (κ1) is 16.2. The molecule has 1 aromatic rings. The molecule has 6 nitrogen and oxygen atoms in total. The van der Waals surface area contributed by atoms with E-state index in [1.807, 2.05) is 0 Å². The molecule has 1 aromatic heterocycles. The molecule has 2 rings (SSSR count). The van der Waals surface area contributed by atoms with E-state index in [9.17, 15) is 14.4 Å². The van der Waals surface area contributed by atoms with E-state index in [4.69, 9.17) is 10.5 Å².